The molecule has 0 bridgehead atoms. The van der Waals surface area contributed by atoms with Crippen LogP contribution in [0, 0.1) is 0 Å². The maximum absolute atomic E-state index is 6.35. The molecule has 2 aromatic rings. The summed E-state index contributed by atoms with van der Waals surface area (Å²) in [7, 11) is 0. The van der Waals surface area contributed by atoms with Crippen LogP contribution in [0.4, 0.5) is 0 Å². The van der Waals surface area contributed by atoms with Gasteiger partial charge >= 0.3 is 0 Å². The number of nitrogens with one attached hydrogen (secondary N) is 1. The van der Waals surface area contributed by atoms with Crippen LogP contribution >= 0.6 is 39.1 Å². The zero-order valence-corrected chi connectivity index (χ0v) is 15.0. The van der Waals surface area contributed by atoms with Crippen molar-refractivity contribution in [3.05, 3.63) is 68.1 Å². The van der Waals surface area contributed by atoms with Crippen molar-refractivity contribution in [1.82, 2.24) is 5.32 Å². The van der Waals surface area contributed by atoms with Gasteiger partial charge in [-0.2, -0.15) is 0 Å². The number of halogens is 3. The molecule has 1 atom stereocenters. The number of rotatable bonds is 6. The van der Waals surface area contributed by atoms with Gasteiger partial charge in [0.25, 0.3) is 0 Å². The van der Waals surface area contributed by atoms with E-state index in [1.165, 1.54) is 5.56 Å². The molecule has 0 fully saturated rings. The largest absolute Gasteiger partial charge is 0.316 e. The highest BCUT2D eigenvalue weighted by Crippen LogP contribution is 2.28. The molecule has 4 heteroatoms. The van der Waals surface area contributed by atoms with Crippen molar-refractivity contribution >= 4 is 39.1 Å². The quantitative estimate of drug-likeness (QED) is 0.672. The Morgan fingerprint density at radius 3 is 2.43 bits per heavy atom. The fraction of sp³-hybridized carbons (Fsp3) is 0.294. The highest BCUT2D eigenvalue weighted by atomic mass is 79.9. The molecule has 0 amide bonds. The molecule has 0 radical (unpaired) electrons. The van der Waals surface area contributed by atoms with E-state index in [1.54, 1.807) is 0 Å². The lowest BCUT2D eigenvalue weighted by molar-refractivity contribution is 0.595. The van der Waals surface area contributed by atoms with Crippen molar-refractivity contribution in [2.75, 3.05) is 13.1 Å². The van der Waals surface area contributed by atoms with E-state index in [0.717, 1.165) is 39.6 Å². The van der Waals surface area contributed by atoms with Gasteiger partial charge < -0.3 is 5.32 Å². The predicted molar refractivity (Wildman–Crippen MR) is 95.6 cm³/mol. The Balaban J connectivity index is 2.21. The van der Waals surface area contributed by atoms with Crippen molar-refractivity contribution in [3.8, 4) is 0 Å². The standard InChI is InChI=1S/C17H18BrCl2N/c1-2-21-11-14(12-4-7-16(19)8-5-12)9-13-3-6-15(18)10-17(13)20/h3-8,10,14,21H,2,9,11H2,1H3. The Bertz CT molecular complexity index is 584. The normalized spacial score (nSPS) is 12.4. The van der Waals surface area contributed by atoms with Crippen LogP contribution in [0.3, 0.4) is 0 Å². The van der Waals surface area contributed by atoms with Crippen molar-refractivity contribution in [2.24, 2.45) is 0 Å². The Hall–Kier alpha value is -0.540. The third kappa shape index (κ3) is 5.00. The first-order chi connectivity index (χ1) is 10.1. The molecule has 0 aliphatic rings. The lowest BCUT2D eigenvalue weighted by Gasteiger charge is -2.19. The second-order valence-corrected chi connectivity index (χ2v) is 6.76. The summed E-state index contributed by atoms with van der Waals surface area (Å²) < 4.78 is 1.01. The van der Waals surface area contributed by atoms with E-state index in [4.69, 9.17) is 23.2 Å². The zero-order chi connectivity index (χ0) is 15.2. The summed E-state index contributed by atoms with van der Waals surface area (Å²) in [5.41, 5.74) is 2.44. The van der Waals surface area contributed by atoms with E-state index in [-0.39, 0.29) is 0 Å². The minimum atomic E-state index is 0.376. The van der Waals surface area contributed by atoms with Crippen LogP contribution in [0.1, 0.15) is 24.0 Å². The first kappa shape index (κ1) is 16.8. The van der Waals surface area contributed by atoms with Gasteiger partial charge in [-0.3, -0.25) is 0 Å². The molecule has 0 spiro atoms. The van der Waals surface area contributed by atoms with E-state index in [0.29, 0.717) is 5.92 Å². The zero-order valence-electron chi connectivity index (χ0n) is 11.9. The van der Waals surface area contributed by atoms with Crippen LogP contribution < -0.4 is 5.32 Å². The van der Waals surface area contributed by atoms with Crippen LogP contribution in [0.2, 0.25) is 10.0 Å². The first-order valence-corrected chi connectivity index (χ1v) is 8.55. The molecule has 1 unspecified atom stereocenters. The third-order valence-corrected chi connectivity index (χ3v) is 4.56. The second-order valence-electron chi connectivity index (χ2n) is 5.00. The fourth-order valence-corrected chi connectivity index (χ4v) is 3.19. The Morgan fingerprint density at radius 2 is 1.81 bits per heavy atom. The lowest BCUT2D eigenvalue weighted by atomic mass is 9.92. The van der Waals surface area contributed by atoms with Crippen molar-refractivity contribution in [1.29, 1.82) is 0 Å². The Morgan fingerprint density at radius 1 is 1.10 bits per heavy atom. The molecule has 2 aromatic carbocycles. The molecule has 21 heavy (non-hydrogen) atoms. The third-order valence-electron chi connectivity index (χ3n) is 3.46. The molecule has 0 saturated heterocycles. The minimum Gasteiger partial charge on any atom is -0.316 e. The lowest BCUT2D eigenvalue weighted by Crippen LogP contribution is -2.22. The minimum absolute atomic E-state index is 0.376. The first-order valence-electron chi connectivity index (χ1n) is 7.00. The average Bonchev–Trinajstić information content (AvgIpc) is 2.46. The predicted octanol–water partition coefficient (Wildman–Crippen LogP) is 5.69. The van der Waals surface area contributed by atoms with Gasteiger partial charge in [0.2, 0.25) is 0 Å². The molecule has 0 aromatic heterocycles. The maximum atomic E-state index is 6.35. The maximum Gasteiger partial charge on any atom is 0.0449 e. The van der Waals surface area contributed by atoms with E-state index in [9.17, 15) is 0 Å². The molecule has 2 rings (SSSR count). The summed E-state index contributed by atoms with van der Waals surface area (Å²) in [6.07, 6.45) is 0.904. The highest BCUT2D eigenvalue weighted by molar-refractivity contribution is 9.10. The molecular formula is C17H18BrCl2N. The van der Waals surface area contributed by atoms with Gasteiger partial charge in [0, 0.05) is 27.0 Å². The fourth-order valence-electron chi connectivity index (χ4n) is 2.31. The van der Waals surface area contributed by atoms with Gasteiger partial charge in [-0.15, -0.1) is 0 Å². The second kappa shape index (κ2) is 8.19. The van der Waals surface area contributed by atoms with E-state index in [1.807, 2.05) is 24.3 Å². The van der Waals surface area contributed by atoms with Crippen molar-refractivity contribution in [3.63, 3.8) is 0 Å². The van der Waals surface area contributed by atoms with Gasteiger partial charge in [0.1, 0.15) is 0 Å². The summed E-state index contributed by atoms with van der Waals surface area (Å²) in [6, 6.07) is 14.1. The Labute approximate surface area is 144 Å². The van der Waals surface area contributed by atoms with Crippen LogP contribution in [0.25, 0.3) is 0 Å². The number of benzene rings is 2. The molecule has 0 saturated carbocycles. The molecule has 0 aliphatic carbocycles. The van der Waals surface area contributed by atoms with Crippen LogP contribution in [-0.4, -0.2) is 13.1 Å². The number of likely N-dealkylation sites (N-methyl/N-ethyl adjacent to an activating group) is 1. The molecule has 1 N–H and O–H groups in total. The van der Waals surface area contributed by atoms with Crippen molar-refractivity contribution in [2.45, 2.75) is 19.3 Å². The molecule has 112 valence electrons. The number of hydrogen-bond acceptors (Lipinski definition) is 1. The molecule has 0 heterocycles. The highest BCUT2D eigenvalue weighted by Gasteiger charge is 2.14. The summed E-state index contributed by atoms with van der Waals surface area (Å²) in [5.74, 6) is 0.376. The van der Waals surface area contributed by atoms with Crippen LogP contribution in [0.15, 0.2) is 46.9 Å². The van der Waals surface area contributed by atoms with E-state index in [2.05, 4.69) is 46.4 Å². The average molecular weight is 387 g/mol. The van der Waals surface area contributed by atoms with Gasteiger partial charge in [-0.1, -0.05) is 64.3 Å². The van der Waals surface area contributed by atoms with Gasteiger partial charge in [-0.25, -0.2) is 0 Å². The van der Waals surface area contributed by atoms with Crippen LogP contribution in [0.5, 0.6) is 0 Å². The Kier molecular flexibility index (Phi) is 6.56. The topological polar surface area (TPSA) is 12.0 Å². The summed E-state index contributed by atoms with van der Waals surface area (Å²) in [4.78, 5) is 0. The van der Waals surface area contributed by atoms with Gasteiger partial charge in [0.15, 0.2) is 0 Å². The monoisotopic (exact) mass is 385 g/mol. The smallest absolute Gasteiger partial charge is 0.0449 e. The van der Waals surface area contributed by atoms with Crippen molar-refractivity contribution < 1.29 is 0 Å². The van der Waals surface area contributed by atoms with E-state index >= 15 is 0 Å². The molecular weight excluding hydrogens is 369 g/mol. The number of hydrogen-bond donors (Lipinski definition) is 1. The van der Waals surface area contributed by atoms with Gasteiger partial charge in [-0.05, 0) is 48.4 Å². The summed E-state index contributed by atoms with van der Waals surface area (Å²) in [6.45, 7) is 3.99. The summed E-state index contributed by atoms with van der Waals surface area (Å²) in [5, 5.41) is 5.00. The SMILES string of the molecule is CCNCC(Cc1ccc(Br)cc1Cl)c1ccc(Cl)cc1. The molecule has 1 nitrogen and oxygen atoms in total. The van der Waals surface area contributed by atoms with Gasteiger partial charge in [0.05, 0.1) is 0 Å². The summed E-state index contributed by atoms with van der Waals surface area (Å²) >= 11 is 15.8. The van der Waals surface area contributed by atoms with E-state index < -0.39 is 0 Å². The molecule has 0 aliphatic heterocycles. The van der Waals surface area contributed by atoms with Crippen LogP contribution in [-0.2, 0) is 6.42 Å².